The van der Waals surface area contributed by atoms with Gasteiger partial charge in [0.25, 0.3) is 0 Å². The molecule has 1 heterocycles. The zero-order chi connectivity index (χ0) is 16.7. The Morgan fingerprint density at radius 1 is 1.16 bits per heavy atom. The molecule has 0 spiro atoms. The zero-order valence-corrected chi connectivity index (χ0v) is 16.3. The third-order valence-electron chi connectivity index (χ3n) is 4.51. The fourth-order valence-corrected chi connectivity index (χ4v) is 2.59. The summed E-state index contributed by atoms with van der Waals surface area (Å²) in [5, 5.41) is 7.10. The molecule has 0 atom stereocenters. The van der Waals surface area contributed by atoms with Crippen LogP contribution in [0.1, 0.15) is 37.8 Å². The number of nitrogens with zero attached hydrogens (tertiary/aromatic N) is 3. The second-order valence-corrected chi connectivity index (χ2v) is 5.78. The highest BCUT2D eigenvalue weighted by Gasteiger charge is 2.32. The van der Waals surface area contributed by atoms with Crippen LogP contribution in [0.5, 0.6) is 0 Å². The first-order valence-electron chi connectivity index (χ1n) is 8.02. The lowest BCUT2D eigenvalue weighted by Crippen LogP contribution is -2.45. The lowest BCUT2D eigenvalue weighted by molar-refractivity contribution is -0.131. The molecule has 1 amide bonds. The Morgan fingerprint density at radius 3 is 2.24 bits per heavy atom. The van der Waals surface area contributed by atoms with Crippen LogP contribution in [0.15, 0.2) is 36.9 Å². The molecule has 1 aromatic heterocycles. The molecule has 0 aliphatic rings. The molecule has 0 radical (unpaired) electrons. The molecule has 2 aromatic rings. The van der Waals surface area contributed by atoms with Crippen LogP contribution < -0.4 is 11.1 Å². The lowest BCUT2D eigenvalue weighted by Gasteiger charge is -2.28. The molecule has 3 N–H and O–H groups in total. The molecule has 25 heavy (non-hydrogen) atoms. The second kappa shape index (κ2) is 11.1. The topological polar surface area (TPSA) is 85.8 Å². The Balaban J connectivity index is 0.00000288. The maximum absolute atomic E-state index is 12.4. The van der Waals surface area contributed by atoms with E-state index in [1.807, 2.05) is 38.1 Å². The maximum Gasteiger partial charge on any atom is 0.227 e. The smallest absolute Gasteiger partial charge is 0.227 e. The van der Waals surface area contributed by atoms with Gasteiger partial charge in [-0.15, -0.1) is 24.8 Å². The summed E-state index contributed by atoms with van der Waals surface area (Å²) in [6.07, 6.45) is 4.72. The van der Waals surface area contributed by atoms with Crippen LogP contribution in [0.3, 0.4) is 0 Å². The van der Waals surface area contributed by atoms with E-state index in [1.54, 1.807) is 11.0 Å². The van der Waals surface area contributed by atoms with Gasteiger partial charge in [-0.3, -0.25) is 4.79 Å². The van der Waals surface area contributed by atoms with Crippen LogP contribution in [0.25, 0.3) is 0 Å². The van der Waals surface area contributed by atoms with Gasteiger partial charge >= 0.3 is 0 Å². The minimum atomic E-state index is -0.451. The standard InChI is InChI=1S/C17H25N5O.2ClH/c1-3-17(4-2,11-18)16(23)20-9-14-5-7-15(8-6-14)10-22-13-19-12-21-22;;/h5-8,12-13H,3-4,9-11,18H2,1-2H3,(H,20,23);2*1H. The number of nitrogens with two attached hydrogens (primary N) is 1. The van der Waals surface area contributed by atoms with Crippen molar-refractivity contribution in [3.8, 4) is 0 Å². The first-order chi connectivity index (χ1) is 11.1. The minimum Gasteiger partial charge on any atom is -0.352 e. The van der Waals surface area contributed by atoms with Crippen LogP contribution >= 0.6 is 24.8 Å². The van der Waals surface area contributed by atoms with Gasteiger partial charge in [0.15, 0.2) is 0 Å². The zero-order valence-electron chi connectivity index (χ0n) is 14.6. The molecule has 0 saturated heterocycles. The summed E-state index contributed by atoms with van der Waals surface area (Å²) in [7, 11) is 0. The van der Waals surface area contributed by atoms with Crippen molar-refractivity contribution in [2.24, 2.45) is 11.1 Å². The summed E-state index contributed by atoms with van der Waals surface area (Å²) < 4.78 is 1.77. The summed E-state index contributed by atoms with van der Waals surface area (Å²) in [6.45, 7) is 5.60. The lowest BCUT2D eigenvalue weighted by atomic mass is 9.81. The number of benzene rings is 1. The molecular weight excluding hydrogens is 361 g/mol. The van der Waals surface area contributed by atoms with Crippen molar-refractivity contribution in [1.29, 1.82) is 0 Å². The van der Waals surface area contributed by atoms with E-state index in [2.05, 4.69) is 15.4 Å². The predicted octanol–water partition coefficient (Wildman–Crippen LogP) is 2.55. The quantitative estimate of drug-likeness (QED) is 0.728. The number of rotatable bonds is 8. The van der Waals surface area contributed by atoms with E-state index >= 15 is 0 Å². The third kappa shape index (κ3) is 5.99. The number of halogens is 2. The minimum absolute atomic E-state index is 0. The number of amides is 1. The number of carbonyl (C=O) groups excluding carboxylic acids is 1. The van der Waals surface area contributed by atoms with Gasteiger partial charge in [-0.05, 0) is 24.0 Å². The summed E-state index contributed by atoms with van der Waals surface area (Å²) in [6, 6.07) is 8.13. The van der Waals surface area contributed by atoms with E-state index in [4.69, 9.17) is 5.73 Å². The normalized spacial score (nSPS) is 10.5. The summed E-state index contributed by atoms with van der Waals surface area (Å²) in [4.78, 5) is 16.3. The van der Waals surface area contributed by atoms with Crippen LogP contribution in [-0.2, 0) is 17.9 Å². The highest BCUT2D eigenvalue weighted by Crippen LogP contribution is 2.25. The Kier molecular flexibility index (Phi) is 10.4. The summed E-state index contributed by atoms with van der Waals surface area (Å²) >= 11 is 0. The molecule has 140 valence electrons. The van der Waals surface area contributed by atoms with E-state index in [9.17, 15) is 4.79 Å². The van der Waals surface area contributed by atoms with Gasteiger partial charge < -0.3 is 11.1 Å². The monoisotopic (exact) mass is 387 g/mol. The van der Waals surface area contributed by atoms with Crippen LogP contribution in [-0.4, -0.2) is 27.2 Å². The van der Waals surface area contributed by atoms with Crippen molar-refractivity contribution in [2.45, 2.75) is 39.8 Å². The maximum atomic E-state index is 12.4. The molecule has 2 rings (SSSR count). The fourth-order valence-electron chi connectivity index (χ4n) is 2.59. The number of hydrogen-bond donors (Lipinski definition) is 2. The molecular formula is C17H27Cl2N5O. The van der Waals surface area contributed by atoms with Crippen LogP contribution in [0.2, 0.25) is 0 Å². The van der Waals surface area contributed by atoms with Gasteiger partial charge in [0.2, 0.25) is 5.91 Å². The van der Waals surface area contributed by atoms with E-state index in [0.29, 0.717) is 19.6 Å². The average molecular weight is 388 g/mol. The molecule has 0 unspecified atom stereocenters. The van der Waals surface area contributed by atoms with Crippen molar-refractivity contribution in [2.75, 3.05) is 6.54 Å². The van der Waals surface area contributed by atoms with Crippen LogP contribution in [0.4, 0.5) is 0 Å². The molecule has 0 aliphatic heterocycles. The first-order valence-corrected chi connectivity index (χ1v) is 8.02. The van der Waals surface area contributed by atoms with Crippen LogP contribution in [0, 0.1) is 5.41 Å². The Morgan fingerprint density at radius 2 is 1.76 bits per heavy atom. The predicted molar refractivity (Wildman–Crippen MR) is 104 cm³/mol. The van der Waals surface area contributed by atoms with Gasteiger partial charge in [0, 0.05) is 13.1 Å². The van der Waals surface area contributed by atoms with Gasteiger partial charge in [-0.2, -0.15) is 5.10 Å². The number of hydrogen-bond acceptors (Lipinski definition) is 4. The molecule has 6 nitrogen and oxygen atoms in total. The summed E-state index contributed by atoms with van der Waals surface area (Å²) in [5.41, 5.74) is 7.57. The van der Waals surface area contributed by atoms with Crippen molar-refractivity contribution in [1.82, 2.24) is 20.1 Å². The Labute approximate surface area is 161 Å². The fraction of sp³-hybridized carbons (Fsp3) is 0.471. The number of carbonyl (C=O) groups is 1. The SMILES string of the molecule is CCC(CC)(CN)C(=O)NCc1ccc(Cn2cncn2)cc1.Cl.Cl. The first kappa shape index (κ1) is 23.4. The Hall–Kier alpha value is -1.63. The van der Waals surface area contributed by atoms with E-state index in [0.717, 1.165) is 24.0 Å². The third-order valence-corrected chi connectivity index (χ3v) is 4.51. The molecule has 0 fully saturated rings. The molecule has 8 heteroatoms. The van der Waals surface area contributed by atoms with Crippen molar-refractivity contribution < 1.29 is 4.79 Å². The Bertz CT molecular complexity index is 604. The van der Waals surface area contributed by atoms with Crippen molar-refractivity contribution >= 4 is 30.7 Å². The van der Waals surface area contributed by atoms with Gasteiger partial charge in [0.1, 0.15) is 12.7 Å². The molecule has 0 saturated carbocycles. The molecule has 1 aromatic carbocycles. The van der Waals surface area contributed by atoms with E-state index < -0.39 is 5.41 Å². The summed E-state index contributed by atoms with van der Waals surface area (Å²) in [5.74, 6) is 0.0386. The second-order valence-electron chi connectivity index (χ2n) is 5.78. The number of aromatic nitrogens is 3. The van der Waals surface area contributed by atoms with Crippen molar-refractivity contribution in [3.63, 3.8) is 0 Å². The largest absolute Gasteiger partial charge is 0.352 e. The van der Waals surface area contributed by atoms with Gasteiger partial charge in [0.05, 0.1) is 12.0 Å². The molecule has 0 bridgehead atoms. The highest BCUT2D eigenvalue weighted by atomic mass is 35.5. The molecule has 0 aliphatic carbocycles. The van der Waals surface area contributed by atoms with Gasteiger partial charge in [-0.1, -0.05) is 38.1 Å². The van der Waals surface area contributed by atoms with Gasteiger partial charge in [-0.25, -0.2) is 9.67 Å². The average Bonchev–Trinajstić information content (AvgIpc) is 3.09. The number of nitrogens with one attached hydrogen (secondary N) is 1. The highest BCUT2D eigenvalue weighted by molar-refractivity contribution is 5.85. The van der Waals surface area contributed by atoms with E-state index in [1.165, 1.54) is 6.33 Å². The van der Waals surface area contributed by atoms with Crippen molar-refractivity contribution in [3.05, 3.63) is 48.0 Å². The van der Waals surface area contributed by atoms with E-state index in [-0.39, 0.29) is 30.7 Å².